The molecular formula is C20H24N2O5. The van der Waals surface area contributed by atoms with Gasteiger partial charge in [0.25, 0.3) is 0 Å². The summed E-state index contributed by atoms with van der Waals surface area (Å²) in [5.74, 6) is 0.787. The molecule has 1 amide bonds. The van der Waals surface area contributed by atoms with Crippen molar-refractivity contribution in [2.75, 3.05) is 7.11 Å². The minimum atomic E-state index is -0.850. The Balaban J connectivity index is 2.02. The van der Waals surface area contributed by atoms with Gasteiger partial charge in [0.15, 0.2) is 0 Å². The van der Waals surface area contributed by atoms with E-state index in [0.29, 0.717) is 11.5 Å². The molecule has 1 N–H and O–H groups in total. The fourth-order valence-corrected chi connectivity index (χ4v) is 2.26. The minimum Gasteiger partial charge on any atom is -0.467 e. The van der Waals surface area contributed by atoms with Crippen LogP contribution in [0.2, 0.25) is 0 Å². The summed E-state index contributed by atoms with van der Waals surface area (Å²) in [4.78, 5) is 27.9. The lowest BCUT2D eigenvalue weighted by atomic mass is 10.1. The molecule has 144 valence electrons. The highest BCUT2D eigenvalue weighted by molar-refractivity contribution is 5.81. The summed E-state index contributed by atoms with van der Waals surface area (Å²) in [5.41, 5.74) is 0.181. The number of rotatable bonds is 6. The Bertz CT molecular complexity index is 754. The molecule has 2 rings (SSSR count). The Labute approximate surface area is 158 Å². The van der Waals surface area contributed by atoms with Gasteiger partial charge in [0, 0.05) is 18.8 Å². The van der Waals surface area contributed by atoms with Gasteiger partial charge in [0.1, 0.15) is 23.1 Å². The molecule has 0 spiro atoms. The number of aromatic nitrogens is 1. The van der Waals surface area contributed by atoms with Crippen molar-refractivity contribution in [2.45, 2.75) is 38.8 Å². The summed E-state index contributed by atoms with van der Waals surface area (Å²) < 4.78 is 15.7. The first-order valence-corrected chi connectivity index (χ1v) is 8.51. The van der Waals surface area contributed by atoms with Gasteiger partial charge in [-0.2, -0.15) is 0 Å². The van der Waals surface area contributed by atoms with Crippen molar-refractivity contribution >= 4 is 12.1 Å². The fraction of sp³-hybridized carbons (Fsp3) is 0.350. The van der Waals surface area contributed by atoms with Crippen LogP contribution >= 0.6 is 0 Å². The summed E-state index contributed by atoms with van der Waals surface area (Å²) >= 11 is 0. The first kappa shape index (κ1) is 20.2. The van der Waals surface area contributed by atoms with Gasteiger partial charge >= 0.3 is 12.1 Å². The average molecular weight is 372 g/mol. The molecule has 0 saturated heterocycles. The molecule has 0 aliphatic carbocycles. The number of nitrogens with one attached hydrogen (secondary N) is 1. The molecule has 1 aromatic carbocycles. The molecule has 0 fully saturated rings. The number of benzene rings is 1. The number of ether oxygens (including phenoxy) is 3. The van der Waals surface area contributed by atoms with Gasteiger partial charge < -0.3 is 19.5 Å². The molecule has 7 heteroatoms. The molecule has 0 aliphatic rings. The molecule has 0 aliphatic heterocycles. The quantitative estimate of drug-likeness (QED) is 0.781. The van der Waals surface area contributed by atoms with Crippen molar-refractivity contribution in [3.8, 4) is 11.5 Å². The SMILES string of the molecule is COC(=O)[C@H](Cc1ccc(Oc2ccncc2)cc1)NC(=O)OC(C)(C)C. The molecule has 1 aromatic heterocycles. The van der Waals surface area contributed by atoms with E-state index in [4.69, 9.17) is 14.2 Å². The summed E-state index contributed by atoms with van der Waals surface area (Å²) in [5, 5.41) is 2.55. The molecule has 1 heterocycles. The number of hydrogen-bond donors (Lipinski definition) is 1. The third kappa shape index (κ3) is 6.97. The van der Waals surface area contributed by atoms with Crippen molar-refractivity contribution in [1.82, 2.24) is 10.3 Å². The summed E-state index contributed by atoms with van der Waals surface area (Å²) in [7, 11) is 1.28. The second-order valence-corrected chi connectivity index (χ2v) is 6.86. The number of pyridine rings is 1. The van der Waals surface area contributed by atoms with Gasteiger partial charge in [-0.25, -0.2) is 9.59 Å². The molecule has 2 aromatic rings. The molecule has 0 radical (unpaired) electrons. The number of alkyl carbamates (subject to hydrolysis) is 1. The van der Waals surface area contributed by atoms with Crippen LogP contribution in [0.1, 0.15) is 26.3 Å². The van der Waals surface area contributed by atoms with E-state index in [1.165, 1.54) is 7.11 Å². The van der Waals surface area contributed by atoms with Gasteiger partial charge in [0.05, 0.1) is 7.11 Å². The van der Waals surface area contributed by atoms with Crippen molar-refractivity contribution < 1.29 is 23.8 Å². The molecule has 0 bridgehead atoms. The smallest absolute Gasteiger partial charge is 0.408 e. The molecule has 0 unspecified atom stereocenters. The van der Waals surface area contributed by atoms with E-state index in [1.54, 1.807) is 57.4 Å². The van der Waals surface area contributed by atoms with Crippen LogP contribution in [-0.4, -0.2) is 35.8 Å². The zero-order chi connectivity index (χ0) is 19.9. The largest absolute Gasteiger partial charge is 0.467 e. The van der Waals surface area contributed by atoms with Crippen molar-refractivity contribution in [1.29, 1.82) is 0 Å². The Morgan fingerprint density at radius 2 is 1.63 bits per heavy atom. The minimum absolute atomic E-state index is 0.265. The number of carbonyl (C=O) groups excluding carboxylic acids is 2. The monoisotopic (exact) mass is 372 g/mol. The van der Waals surface area contributed by atoms with Crippen LogP contribution < -0.4 is 10.1 Å². The number of nitrogens with zero attached hydrogens (tertiary/aromatic N) is 1. The van der Waals surface area contributed by atoms with E-state index >= 15 is 0 Å². The van der Waals surface area contributed by atoms with Crippen molar-refractivity contribution in [2.24, 2.45) is 0 Å². The third-order valence-electron chi connectivity index (χ3n) is 3.43. The first-order chi connectivity index (χ1) is 12.8. The number of hydrogen-bond acceptors (Lipinski definition) is 6. The maximum Gasteiger partial charge on any atom is 0.408 e. The van der Waals surface area contributed by atoms with E-state index in [1.807, 2.05) is 12.1 Å². The van der Waals surface area contributed by atoms with Gasteiger partial charge in [-0.15, -0.1) is 0 Å². The number of methoxy groups -OCH3 is 1. The van der Waals surface area contributed by atoms with Crippen molar-refractivity contribution in [3.05, 3.63) is 54.4 Å². The Morgan fingerprint density at radius 1 is 1.04 bits per heavy atom. The lowest BCUT2D eigenvalue weighted by molar-refractivity contribution is -0.143. The van der Waals surface area contributed by atoms with E-state index < -0.39 is 23.7 Å². The lowest BCUT2D eigenvalue weighted by Crippen LogP contribution is -2.45. The Kier molecular flexibility index (Phi) is 6.76. The van der Waals surface area contributed by atoms with E-state index in [0.717, 1.165) is 5.56 Å². The normalized spacial score (nSPS) is 12.0. The van der Waals surface area contributed by atoms with Gasteiger partial charge in [-0.3, -0.25) is 4.98 Å². The molecular weight excluding hydrogens is 348 g/mol. The highest BCUT2D eigenvalue weighted by atomic mass is 16.6. The predicted molar refractivity (Wildman–Crippen MR) is 99.6 cm³/mol. The number of esters is 1. The standard InChI is InChI=1S/C20H24N2O5/c1-20(2,3)27-19(24)22-17(18(23)25-4)13-14-5-7-15(8-6-14)26-16-9-11-21-12-10-16/h5-12,17H,13H2,1-4H3,(H,22,24)/t17-/m0/s1. The van der Waals surface area contributed by atoms with Crippen LogP contribution in [0.25, 0.3) is 0 Å². The zero-order valence-electron chi connectivity index (χ0n) is 15.9. The second kappa shape index (κ2) is 9.02. The Morgan fingerprint density at radius 3 is 2.19 bits per heavy atom. The highest BCUT2D eigenvalue weighted by Crippen LogP contribution is 2.21. The number of carbonyl (C=O) groups is 2. The average Bonchev–Trinajstić information content (AvgIpc) is 2.61. The predicted octanol–water partition coefficient (Wildman–Crippen LogP) is 3.48. The van der Waals surface area contributed by atoms with E-state index in [-0.39, 0.29) is 6.42 Å². The number of amides is 1. The Hall–Kier alpha value is -3.09. The van der Waals surface area contributed by atoms with Crippen LogP contribution in [-0.2, 0) is 20.7 Å². The summed E-state index contributed by atoms with van der Waals surface area (Å²) in [6.45, 7) is 5.25. The van der Waals surface area contributed by atoms with Crippen LogP contribution in [0.5, 0.6) is 11.5 Å². The van der Waals surface area contributed by atoms with Crippen LogP contribution in [0, 0.1) is 0 Å². The maximum atomic E-state index is 12.0. The van der Waals surface area contributed by atoms with Crippen LogP contribution in [0.4, 0.5) is 4.79 Å². The van der Waals surface area contributed by atoms with Crippen LogP contribution in [0.3, 0.4) is 0 Å². The third-order valence-corrected chi connectivity index (χ3v) is 3.43. The summed E-state index contributed by atoms with van der Waals surface area (Å²) in [6, 6.07) is 9.89. The highest BCUT2D eigenvalue weighted by Gasteiger charge is 2.25. The molecule has 1 atom stereocenters. The fourth-order valence-electron chi connectivity index (χ4n) is 2.26. The van der Waals surface area contributed by atoms with E-state index in [9.17, 15) is 9.59 Å². The summed E-state index contributed by atoms with van der Waals surface area (Å²) in [6.07, 6.45) is 2.89. The lowest BCUT2D eigenvalue weighted by Gasteiger charge is -2.22. The van der Waals surface area contributed by atoms with Gasteiger partial charge in [-0.05, 0) is 50.6 Å². The topological polar surface area (TPSA) is 86.8 Å². The molecule has 27 heavy (non-hydrogen) atoms. The molecule has 7 nitrogen and oxygen atoms in total. The van der Waals surface area contributed by atoms with Gasteiger partial charge in [0.2, 0.25) is 0 Å². The maximum absolute atomic E-state index is 12.0. The second-order valence-electron chi connectivity index (χ2n) is 6.86. The van der Waals surface area contributed by atoms with Crippen LogP contribution in [0.15, 0.2) is 48.8 Å². The van der Waals surface area contributed by atoms with Crippen molar-refractivity contribution in [3.63, 3.8) is 0 Å². The first-order valence-electron chi connectivity index (χ1n) is 8.51. The van der Waals surface area contributed by atoms with Gasteiger partial charge in [-0.1, -0.05) is 12.1 Å². The van der Waals surface area contributed by atoms with E-state index in [2.05, 4.69) is 10.3 Å². The molecule has 0 saturated carbocycles. The zero-order valence-corrected chi connectivity index (χ0v) is 15.9.